The molecule has 1 aromatic carbocycles. The Morgan fingerprint density at radius 2 is 2.16 bits per heavy atom. The third-order valence-corrected chi connectivity index (χ3v) is 4.98. The maximum atomic E-state index is 12.5. The topological polar surface area (TPSA) is 61.8 Å². The SMILES string of the molecule is CCC(C)Oc1cccc(NC(=O)N2CCC(C(C)(C)C)C(O)C2)c1. The Kier molecular flexibility index (Phi) is 6.33. The van der Waals surface area contributed by atoms with Crippen LogP contribution in [0, 0.1) is 11.3 Å². The summed E-state index contributed by atoms with van der Waals surface area (Å²) in [5.74, 6) is 0.961. The Labute approximate surface area is 151 Å². The van der Waals surface area contributed by atoms with Crippen LogP contribution in [-0.2, 0) is 0 Å². The summed E-state index contributed by atoms with van der Waals surface area (Å²) in [6.07, 6.45) is 1.39. The largest absolute Gasteiger partial charge is 0.491 e. The van der Waals surface area contributed by atoms with Crippen LogP contribution in [0.1, 0.15) is 47.5 Å². The summed E-state index contributed by atoms with van der Waals surface area (Å²) in [4.78, 5) is 14.2. The number of ether oxygens (including phenoxy) is 1. The van der Waals surface area contributed by atoms with Crippen molar-refractivity contribution in [3.8, 4) is 5.75 Å². The van der Waals surface area contributed by atoms with Gasteiger partial charge in [-0.25, -0.2) is 4.79 Å². The van der Waals surface area contributed by atoms with Gasteiger partial charge in [0, 0.05) is 24.8 Å². The highest BCUT2D eigenvalue weighted by molar-refractivity contribution is 5.89. The fourth-order valence-corrected chi connectivity index (χ4v) is 3.29. The lowest BCUT2D eigenvalue weighted by molar-refractivity contribution is -0.0108. The number of nitrogens with zero attached hydrogens (tertiary/aromatic N) is 1. The Hall–Kier alpha value is -1.75. The number of hydrogen-bond donors (Lipinski definition) is 2. The van der Waals surface area contributed by atoms with Gasteiger partial charge in [-0.05, 0) is 43.2 Å². The molecule has 0 bridgehead atoms. The number of nitrogens with one attached hydrogen (secondary N) is 1. The zero-order chi connectivity index (χ0) is 18.6. The van der Waals surface area contributed by atoms with Crippen molar-refractivity contribution in [2.45, 2.75) is 59.7 Å². The number of piperidine rings is 1. The molecule has 0 spiro atoms. The minimum absolute atomic E-state index is 0.0453. The average Bonchev–Trinajstić information content (AvgIpc) is 2.53. The second kappa shape index (κ2) is 8.09. The average molecular weight is 348 g/mol. The van der Waals surface area contributed by atoms with Crippen molar-refractivity contribution in [1.29, 1.82) is 0 Å². The van der Waals surface area contributed by atoms with Gasteiger partial charge in [0.05, 0.1) is 12.2 Å². The van der Waals surface area contributed by atoms with E-state index in [2.05, 4.69) is 33.0 Å². The number of amides is 2. The number of carbonyl (C=O) groups is 1. The van der Waals surface area contributed by atoms with Gasteiger partial charge in [0.25, 0.3) is 0 Å². The third-order valence-electron chi connectivity index (χ3n) is 4.98. The van der Waals surface area contributed by atoms with Gasteiger partial charge in [-0.2, -0.15) is 0 Å². The summed E-state index contributed by atoms with van der Waals surface area (Å²) in [5, 5.41) is 13.3. The number of aliphatic hydroxyl groups is 1. The van der Waals surface area contributed by atoms with Gasteiger partial charge >= 0.3 is 6.03 Å². The van der Waals surface area contributed by atoms with E-state index in [0.717, 1.165) is 18.6 Å². The molecule has 1 aromatic rings. The molecule has 0 aromatic heterocycles. The first-order valence-electron chi connectivity index (χ1n) is 9.21. The minimum atomic E-state index is -0.487. The molecule has 140 valence electrons. The maximum absolute atomic E-state index is 12.5. The summed E-state index contributed by atoms with van der Waals surface area (Å²) in [6.45, 7) is 11.5. The first-order valence-corrected chi connectivity index (χ1v) is 9.21. The highest BCUT2D eigenvalue weighted by Gasteiger charge is 2.37. The van der Waals surface area contributed by atoms with Crippen molar-refractivity contribution in [1.82, 2.24) is 4.90 Å². The predicted octanol–water partition coefficient (Wildman–Crippen LogP) is 4.12. The number of benzene rings is 1. The number of rotatable bonds is 4. The fourth-order valence-electron chi connectivity index (χ4n) is 3.29. The Bertz CT molecular complexity index is 583. The number of aliphatic hydroxyl groups excluding tert-OH is 1. The summed E-state index contributed by atoms with van der Waals surface area (Å²) in [5.41, 5.74) is 0.752. The molecular formula is C20H32N2O3. The molecule has 0 radical (unpaired) electrons. The standard InChI is InChI=1S/C20H32N2O3/c1-6-14(2)25-16-9-7-8-15(12-16)21-19(24)22-11-10-17(18(23)13-22)20(3,4)5/h7-9,12,14,17-18,23H,6,10-11,13H2,1-5H3,(H,21,24). The molecule has 25 heavy (non-hydrogen) atoms. The van der Waals surface area contributed by atoms with Gasteiger partial charge in [0.15, 0.2) is 0 Å². The molecule has 0 saturated carbocycles. The van der Waals surface area contributed by atoms with Crippen molar-refractivity contribution >= 4 is 11.7 Å². The second-order valence-corrected chi connectivity index (χ2v) is 8.07. The zero-order valence-electron chi connectivity index (χ0n) is 16.1. The Balaban J connectivity index is 1.95. The van der Waals surface area contributed by atoms with E-state index in [9.17, 15) is 9.90 Å². The number of likely N-dealkylation sites (tertiary alicyclic amines) is 1. The van der Waals surface area contributed by atoms with Crippen molar-refractivity contribution in [2.24, 2.45) is 11.3 Å². The molecule has 1 aliphatic heterocycles. The van der Waals surface area contributed by atoms with Crippen molar-refractivity contribution in [2.75, 3.05) is 18.4 Å². The molecule has 5 heteroatoms. The van der Waals surface area contributed by atoms with E-state index in [1.807, 2.05) is 31.2 Å². The highest BCUT2D eigenvalue weighted by Crippen LogP contribution is 2.34. The van der Waals surface area contributed by atoms with Crippen molar-refractivity contribution < 1.29 is 14.6 Å². The lowest BCUT2D eigenvalue weighted by Crippen LogP contribution is -2.51. The number of urea groups is 1. The lowest BCUT2D eigenvalue weighted by atomic mass is 9.74. The van der Waals surface area contributed by atoms with Crippen molar-refractivity contribution in [3.63, 3.8) is 0 Å². The summed E-state index contributed by atoms with van der Waals surface area (Å²) < 4.78 is 5.79. The Morgan fingerprint density at radius 3 is 2.76 bits per heavy atom. The second-order valence-electron chi connectivity index (χ2n) is 8.07. The summed E-state index contributed by atoms with van der Waals surface area (Å²) in [7, 11) is 0. The number of anilines is 1. The molecule has 2 amide bonds. The molecule has 2 rings (SSSR count). The molecule has 1 heterocycles. The van der Waals surface area contributed by atoms with Crippen LogP contribution in [0.2, 0.25) is 0 Å². The van der Waals surface area contributed by atoms with Crippen LogP contribution in [0.4, 0.5) is 10.5 Å². The lowest BCUT2D eigenvalue weighted by Gasteiger charge is -2.42. The molecule has 2 N–H and O–H groups in total. The van der Waals surface area contributed by atoms with E-state index < -0.39 is 6.10 Å². The monoisotopic (exact) mass is 348 g/mol. The number of hydrogen-bond acceptors (Lipinski definition) is 3. The first kappa shape index (κ1) is 19.6. The first-order chi connectivity index (χ1) is 11.7. The van der Waals surface area contributed by atoms with Crippen LogP contribution in [0.25, 0.3) is 0 Å². The van der Waals surface area contributed by atoms with Crippen molar-refractivity contribution in [3.05, 3.63) is 24.3 Å². The molecule has 3 atom stereocenters. The van der Waals surface area contributed by atoms with Gasteiger partial charge in [-0.3, -0.25) is 0 Å². The molecule has 1 fully saturated rings. The zero-order valence-corrected chi connectivity index (χ0v) is 16.1. The highest BCUT2D eigenvalue weighted by atomic mass is 16.5. The third kappa shape index (κ3) is 5.36. The quantitative estimate of drug-likeness (QED) is 0.860. The maximum Gasteiger partial charge on any atom is 0.321 e. The van der Waals surface area contributed by atoms with E-state index in [1.165, 1.54) is 0 Å². The molecule has 5 nitrogen and oxygen atoms in total. The van der Waals surface area contributed by atoms with Gasteiger partial charge < -0.3 is 20.1 Å². The number of carbonyl (C=O) groups excluding carboxylic acids is 1. The predicted molar refractivity (Wildman–Crippen MR) is 101 cm³/mol. The van der Waals surface area contributed by atoms with E-state index in [-0.39, 0.29) is 23.5 Å². The van der Waals surface area contributed by atoms with Gasteiger partial charge in [-0.1, -0.05) is 33.8 Å². The van der Waals surface area contributed by atoms with Crippen LogP contribution in [-0.4, -0.2) is 41.3 Å². The summed E-state index contributed by atoms with van der Waals surface area (Å²) >= 11 is 0. The van der Waals surface area contributed by atoms with Gasteiger partial charge in [-0.15, -0.1) is 0 Å². The minimum Gasteiger partial charge on any atom is -0.491 e. The normalized spacial score (nSPS) is 22.4. The summed E-state index contributed by atoms with van der Waals surface area (Å²) in [6, 6.07) is 7.27. The van der Waals surface area contributed by atoms with Gasteiger partial charge in [0.1, 0.15) is 5.75 Å². The Morgan fingerprint density at radius 1 is 1.44 bits per heavy atom. The fraction of sp³-hybridized carbons (Fsp3) is 0.650. The smallest absolute Gasteiger partial charge is 0.321 e. The van der Waals surface area contributed by atoms with Crippen LogP contribution in [0.5, 0.6) is 5.75 Å². The molecular weight excluding hydrogens is 316 g/mol. The van der Waals surface area contributed by atoms with E-state index >= 15 is 0 Å². The number of β-amino-alcohol motifs (C(OH)–C–C–N with tert-alkyl or cyclic N) is 1. The molecule has 1 aliphatic rings. The molecule has 0 aliphatic carbocycles. The molecule has 3 unspecified atom stereocenters. The van der Waals surface area contributed by atoms with Crippen LogP contribution < -0.4 is 10.1 Å². The van der Waals surface area contributed by atoms with E-state index in [4.69, 9.17) is 4.74 Å². The van der Waals surface area contributed by atoms with Crippen LogP contribution in [0.15, 0.2) is 24.3 Å². The van der Waals surface area contributed by atoms with E-state index in [1.54, 1.807) is 4.90 Å². The van der Waals surface area contributed by atoms with Gasteiger partial charge in [0.2, 0.25) is 0 Å². The van der Waals surface area contributed by atoms with E-state index in [0.29, 0.717) is 18.8 Å². The van der Waals surface area contributed by atoms with Crippen LogP contribution in [0.3, 0.4) is 0 Å². The molecule has 1 saturated heterocycles. The van der Waals surface area contributed by atoms with Crippen LogP contribution >= 0.6 is 0 Å².